The number of allylic oxidation sites excluding steroid dienone is 6. The molecule has 0 atom stereocenters. The van der Waals surface area contributed by atoms with Gasteiger partial charge >= 0.3 is 0 Å². The first-order chi connectivity index (χ1) is 18.8. The molecule has 0 aliphatic rings. The Kier molecular flexibility index (Phi) is 16.5. The summed E-state index contributed by atoms with van der Waals surface area (Å²) in [4.78, 5) is 0. The van der Waals surface area contributed by atoms with E-state index in [1.165, 1.54) is 22.3 Å². The van der Waals surface area contributed by atoms with Crippen LogP contribution in [-0.4, -0.2) is 18.0 Å². The molecule has 0 aromatic heterocycles. The highest BCUT2D eigenvalue weighted by atomic mass is 16.3. The van der Waals surface area contributed by atoms with E-state index in [9.17, 15) is 5.11 Å². The summed E-state index contributed by atoms with van der Waals surface area (Å²) in [7, 11) is 0. The summed E-state index contributed by atoms with van der Waals surface area (Å²) in [5, 5.41) is 20.0. The summed E-state index contributed by atoms with van der Waals surface area (Å²) in [6.45, 7) is 25.6. The van der Waals surface area contributed by atoms with E-state index in [1.54, 1.807) is 6.08 Å². The molecule has 5 nitrogen and oxygen atoms in total. The van der Waals surface area contributed by atoms with Gasteiger partial charge in [0.05, 0.1) is 6.34 Å². The minimum Gasteiger partial charge on any atom is -0.508 e. The van der Waals surface area contributed by atoms with Crippen molar-refractivity contribution in [2.75, 3.05) is 12.3 Å². The molecule has 0 aliphatic carbocycles. The third-order valence-electron chi connectivity index (χ3n) is 6.66. The number of anilines is 1. The molecule has 218 valence electrons. The van der Waals surface area contributed by atoms with Crippen LogP contribution in [0.2, 0.25) is 0 Å². The fourth-order valence-electron chi connectivity index (χ4n) is 4.06. The maximum Gasteiger partial charge on any atom is 0.119 e. The largest absolute Gasteiger partial charge is 0.508 e. The highest BCUT2D eigenvalue weighted by Crippen LogP contribution is 2.32. The molecule has 0 bridgehead atoms. The second kappa shape index (κ2) is 18.3. The molecule has 0 saturated heterocycles. The molecule has 2 aromatic carbocycles. The highest BCUT2D eigenvalue weighted by Gasteiger charge is 2.13. The Labute approximate surface area is 243 Å². The van der Waals surface area contributed by atoms with Crippen molar-refractivity contribution in [2.45, 2.75) is 75.7 Å². The zero-order valence-corrected chi connectivity index (χ0v) is 26.4. The van der Waals surface area contributed by atoms with Crippen molar-refractivity contribution in [1.82, 2.24) is 5.32 Å². The predicted octanol–water partition coefficient (Wildman–Crippen LogP) is 8.94. The summed E-state index contributed by atoms with van der Waals surface area (Å²) in [6, 6.07) is 12.2. The van der Waals surface area contributed by atoms with Crippen molar-refractivity contribution in [3.63, 3.8) is 0 Å². The van der Waals surface area contributed by atoms with Crippen LogP contribution in [0, 0.1) is 26.2 Å². The van der Waals surface area contributed by atoms with Gasteiger partial charge in [0.1, 0.15) is 5.76 Å². The summed E-state index contributed by atoms with van der Waals surface area (Å²) < 4.78 is 0. The van der Waals surface area contributed by atoms with E-state index in [1.807, 2.05) is 58.0 Å². The Morgan fingerprint density at radius 1 is 0.950 bits per heavy atom. The first kappa shape index (κ1) is 36.0. The second-order valence-corrected chi connectivity index (χ2v) is 9.80. The molecule has 5 heteroatoms. The van der Waals surface area contributed by atoms with Gasteiger partial charge in [-0.3, -0.25) is 5.41 Å². The van der Waals surface area contributed by atoms with Gasteiger partial charge in [-0.25, -0.2) is 0 Å². The van der Waals surface area contributed by atoms with Gasteiger partial charge in [0, 0.05) is 23.5 Å². The van der Waals surface area contributed by atoms with Crippen LogP contribution >= 0.6 is 0 Å². The van der Waals surface area contributed by atoms with Gasteiger partial charge in [0.15, 0.2) is 0 Å². The van der Waals surface area contributed by atoms with Crippen molar-refractivity contribution < 1.29 is 5.11 Å². The minimum atomic E-state index is 0.248. The molecule has 0 amide bonds. The Balaban J connectivity index is 0.00000284. The SMILES string of the molecule is C=C(/C=C(C)/C(O)=C/c1ccccc1C)/C(C)=C(\C)NCCC(=C(C)C)c1c(C)ccc(C)c1N.CC.N=CN. The molecular weight excluding hydrogens is 492 g/mol. The lowest BCUT2D eigenvalue weighted by Crippen LogP contribution is -2.16. The Morgan fingerprint density at radius 2 is 1.50 bits per heavy atom. The third-order valence-corrected chi connectivity index (χ3v) is 6.66. The standard InChI is InChI=1S/C32H42N2O.C2H6.CH4N2/c1-20(2)29(31-22(4)14-15-23(5)32(31)33)16-17-34-27(9)26(8)24(6)18-25(7)30(35)19-28-13-11-10-12-21(28)3;1-2;2-1-3/h10-15,18-19,34-35H,6,16-17,33H2,1-5,7-9H3;1-2H3;1H,(H3,2,3)/b25-18+,27-26+,30-19-;;. The Morgan fingerprint density at radius 3 is 2.05 bits per heavy atom. The summed E-state index contributed by atoms with van der Waals surface area (Å²) in [6.07, 6.45) is 5.37. The van der Waals surface area contributed by atoms with Crippen molar-refractivity contribution in [2.24, 2.45) is 5.73 Å². The second-order valence-electron chi connectivity index (χ2n) is 9.80. The number of benzene rings is 2. The van der Waals surface area contributed by atoms with E-state index in [0.717, 1.165) is 64.1 Å². The number of aliphatic hydroxyl groups is 1. The first-order valence-corrected chi connectivity index (χ1v) is 13.8. The molecular formula is C35H52N4O. The molecule has 40 heavy (non-hydrogen) atoms. The number of aliphatic hydroxyl groups excluding tert-OH is 1. The van der Waals surface area contributed by atoms with Gasteiger partial charge in [-0.2, -0.15) is 0 Å². The van der Waals surface area contributed by atoms with Crippen LogP contribution < -0.4 is 16.8 Å². The predicted molar refractivity (Wildman–Crippen MR) is 179 cm³/mol. The summed E-state index contributed by atoms with van der Waals surface area (Å²) >= 11 is 0. The van der Waals surface area contributed by atoms with E-state index in [0.29, 0.717) is 0 Å². The monoisotopic (exact) mass is 544 g/mol. The highest BCUT2D eigenvalue weighted by molar-refractivity contribution is 5.80. The van der Waals surface area contributed by atoms with E-state index in [-0.39, 0.29) is 5.76 Å². The number of hydrogen-bond acceptors (Lipinski definition) is 4. The minimum absolute atomic E-state index is 0.248. The normalized spacial score (nSPS) is 11.7. The van der Waals surface area contributed by atoms with Crippen LogP contribution in [0.5, 0.6) is 0 Å². The van der Waals surface area contributed by atoms with Crippen molar-refractivity contribution >= 4 is 23.7 Å². The zero-order chi connectivity index (χ0) is 31.0. The van der Waals surface area contributed by atoms with Crippen LogP contribution in [0.25, 0.3) is 11.6 Å². The topological polar surface area (TPSA) is 108 Å². The van der Waals surface area contributed by atoms with Gasteiger partial charge < -0.3 is 21.9 Å². The van der Waals surface area contributed by atoms with E-state index >= 15 is 0 Å². The first-order valence-electron chi connectivity index (χ1n) is 13.8. The van der Waals surface area contributed by atoms with Gasteiger partial charge in [0.25, 0.3) is 0 Å². The van der Waals surface area contributed by atoms with Crippen LogP contribution in [0.3, 0.4) is 0 Å². The number of hydrogen-bond donors (Lipinski definition) is 5. The molecule has 2 rings (SSSR count). The molecule has 0 spiro atoms. The van der Waals surface area contributed by atoms with Crippen LogP contribution in [-0.2, 0) is 0 Å². The van der Waals surface area contributed by atoms with Crippen LogP contribution in [0.15, 0.2) is 82.8 Å². The fourth-order valence-corrected chi connectivity index (χ4v) is 4.06. The van der Waals surface area contributed by atoms with Gasteiger partial charge in [-0.15, -0.1) is 0 Å². The zero-order valence-electron chi connectivity index (χ0n) is 26.4. The Hall–Kier alpha value is -3.99. The van der Waals surface area contributed by atoms with E-state index in [2.05, 4.69) is 71.3 Å². The fraction of sp³-hybridized carbons (Fsp3) is 0.343. The lowest BCUT2D eigenvalue weighted by molar-refractivity contribution is 0.428. The van der Waals surface area contributed by atoms with Crippen LogP contribution in [0.4, 0.5) is 5.69 Å². The molecule has 0 unspecified atom stereocenters. The van der Waals surface area contributed by atoms with Gasteiger partial charge in [-0.05, 0) is 119 Å². The quantitative estimate of drug-likeness (QED) is 0.0713. The lowest BCUT2D eigenvalue weighted by Gasteiger charge is -2.19. The van der Waals surface area contributed by atoms with E-state index in [4.69, 9.17) is 11.1 Å². The molecule has 0 fully saturated rings. The molecule has 0 aliphatic heterocycles. The number of aryl methyl sites for hydroxylation is 3. The molecule has 2 aromatic rings. The van der Waals surface area contributed by atoms with E-state index < -0.39 is 0 Å². The third kappa shape index (κ3) is 11.0. The molecule has 0 heterocycles. The maximum absolute atomic E-state index is 10.6. The number of nitrogen functional groups attached to an aromatic ring is 1. The average Bonchev–Trinajstić information content (AvgIpc) is 2.92. The lowest BCUT2D eigenvalue weighted by atomic mass is 9.91. The molecule has 0 saturated carbocycles. The smallest absolute Gasteiger partial charge is 0.119 e. The average molecular weight is 545 g/mol. The maximum atomic E-state index is 10.6. The summed E-state index contributed by atoms with van der Waals surface area (Å²) in [5.41, 5.74) is 23.7. The molecule has 0 radical (unpaired) electrons. The number of nitrogens with one attached hydrogen (secondary N) is 2. The number of rotatable bonds is 9. The Bertz CT molecular complexity index is 1270. The van der Waals surface area contributed by atoms with Crippen molar-refractivity contribution in [3.8, 4) is 0 Å². The molecule has 7 N–H and O–H groups in total. The van der Waals surface area contributed by atoms with Crippen molar-refractivity contribution in [3.05, 3.63) is 111 Å². The summed E-state index contributed by atoms with van der Waals surface area (Å²) in [5.74, 6) is 0.248. The van der Waals surface area contributed by atoms with Gasteiger partial charge in [-0.1, -0.05) is 62.4 Å². The number of nitrogens with two attached hydrogens (primary N) is 2. The van der Waals surface area contributed by atoms with Gasteiger partial charge in [0.2, 0.25) is 0 Å². The van der Waals surface area contributed by atoms with Crippen LogP contribution in [0.1, 0.15) is 82.7 Å². The van der Waals surface area contributed by atoms with Crippen molar-refractivity contribution in [1.29, 1.82) is 5.41 Å².